The maximum Gasteiger partial charge on any atom is 0.262 e. The fourth-order valence-corrected chi connectivity index (χ4v) is 6.22. The first-order chi connectivity index (χ1) is 14.9. The minimum atomic E-state index is -3.78. The molecule has 0 bridgehead atoms. The van der Waals surface area contributed by atoms with Gasteiger partial charge in [-0.05, 0) is 43.9 Å². The lowest BCUT2D eigenvalue weighted by Crippen LogP contribution is -2.47. The standard InChI is InChI=1S/C22H31N3O5S/c26-21-15-30-20-11-10-18(13-19(20)24-21)31(28,29)25-12-6-7-16(14-25)22(27)23-17-8-4-2-1-3-5-9-17/h10-11,13,16-17H,1-9,12,14-15H2,(H,23,27)(H,24,26)/t16-/m1/s1. The Balaban J connectivity index is 1.43. The highest BCUT2D eigenvalue weighted by atomic mass is 32.2. The third-order valence-electron chi connectivity index (χ3n) is 6.43. The van der Waals surface area contributed by atoms with Gasteiger partial charge in [-0.2, -0.15) is 4.31 Å². The Kier molecular flexibility index (Phi) is 6.81. The largest absolute Gasteiger partial charge is 0.482 e. The van der Waals surface area contributed by atoms with Crippen LogP contribution in [-0.4, -0.2) is 50.3 Å². The number of benzene rings is 1. The Bertz CT molecular complexity index is 925. The number of nitrogens with zero attached hydrogens (tertiary/aromatic N) is 1. The van der Waals surface area contributed by atoms with Crippen LogP contribution in [-0.2, 0) is 19.6 Å². The molecule has 1 atom stereocenters. The van der Waals surface area contributed by atoms with E-state index in [0.29, 0.717) is 30.8 Å². The number of sulfonamides is 1. The van der Waals surface area contributed by atoms with E-state index < -0.39 is 10.0 Å². The molecule has 2 heterocycles. The van der Waals surface area contributed by atoms with Crippen LogP contribution in [0.5, 0.6) is 5.75 Å². The first-order valence-electron chi connectivity index (χ1n) is 11.3. The molecule has 1 aliphatic carbocycles. The van der Waals surface area contributed by atoms with Crippen LogP contribution in [0.1, 0.15) is 57.8 Å². The summed E-state index contributed by atoms with van der Waals surface area (Å²) in [6.45, 7) is 0.485. The number of hydrogen-bond donors (Lipinski definition) is 2. The maximum atomic E-state index is 13.2. The van der Waals surface area contributed by atoms with E-state index in [1.165, 1.54) is 35.7 Å². The van der Waals surface area contributed by atoms with Crippen molar-refractivity contribution in [3.8, 4) is 5.75 Å². The van der Waals surface area contributed by atoms with Crippen molar-refractivity contribution in [1.29, 1.82) is 0 Å². The third kappa shape index (κ3) is 5.20. The number of carbonyl (C=O) groups is 2. The zero-order valence-corrected chi connectivity index (χ0v) is 18.6. The lowest BCUT2D eigenvalue weighted by Gasteiger charge is -2.32. The maximum absolute atomic E-state index is 13.2. The highest BCUT2D eigenvalue weighted by Gasteiger charge is 2.34. The fourth-order valence-electron chi connectivity index (χ4n) is 4.67. The molecular weight excluding hydrogens is 418 g/mol. The van der Waals surface area contributed by atoms with Gasteiger partial charge in [-0.15, -0.1) is 0 Å². The molecule has 1 aromatic carbocycles. The fraction of sp³-hybridized carbons (Fsp3) is 0.636. The molecule has 0 aromatic heterocycles. The molecule has 1 aromatic rings. The van der Waals surface area contributed by atoms with Gasteiger partial charge in [-0.1, -0.05) is 32.1 Å². The average Bonchev–Trinajstić information content (AvgIpc) is 2.75. The van der Waals surface area contributed by atoms with Crippen molar-refractivity contribution in [1.82, 2.24) is 9.62 Å². The molecule has 1 saturated heterocycles. The summed E-state index contributed by atoms with van der Waals surface area (Å²) in [6, 6.07) is 4.68. The monoisotopic (exact) mass is 449 g/mol. The van der Waals surface area contributed by atoms with E-state index in [-0.39, 0.29) is 41.8 Å². The molecule has 0 radical (unpaired) electrons. The smallest absolute Gasteiger partial charge is 0.262 e. The quantitative estimate of drug-likeness (QED) is 0.735. The molecule has 0 spiro atoms. The first kappa shape index (κ1) is 22.1. The molecular formula is C22H31N3O5S. The summed E-state index contributed by atoms with van der Waals surface area (Å²) in [7, 11) is -3.78. The molecule has 31 heavy (non-hydrogen) atoms. The second-order valence-corrected chi connectivity index (χ2v) is 10.7. The predicted molar refractivity (Wildman–Crippen MR) is 116 cm³/mol. The molecule has 8 nitrogen and oxygen atoms in total. The van der Waals surface area contributed by atoms with Gasteiger partial charge in [0, 0.05) is 19.1 Å². The molecule has 9 heteroatoms. The minimum Gasteiger partial charge on any atom is -0.482 e. The minimum absolute atomic E-state index is 0.0309. The van der Waals surface area contributed by atoms with E-state index >= 15 is 0 Å². The molecule has 2 aliphatic heterocycles. The average molecular weight is 450 g/mol. The number of ether oxygens (including phenoxy) is 1. The Labute approximate surface area is 183 Å². The van der Waals surface area contributed by atoms with E-state index in [1.807, 2.05) is 0 Å². The summed E-state index contributed by atoms with van der Waals surface area (Å²) in [6.07, 6.45) is 9.32. The van der Waals surface area contributed by atoms with E-state index in [1.54, 1.807) is 6.07 Å². The molecule has 0 unspecified atom stereocenters. The number of hydrogen-bond acceptors (Lipinski definition) is 5. The summed E-state index contributed by atoms with van der Waals surface area (Å²) >= 11 is 0. The summed E-state index contributed by atoms with van der Waals surface area (Å²) in [5, 5.41) is 5.84. The lowest BCUT2D eigenvalue weighted by atomic mass is 9.94. The number of carbonyl (C=O) groups excluding carboxylic acids is 2. The van der Waals surface area contributed by atoms with Gasteiger partial charge in [-0.25, -0.2) is 8.42 Å². The van der Waals surface area contributed by atoms with Crippen molar-refractivity contribution in [2.45, 2.75) is 68.7 Å². The van der Waals surface area contributed by atoms with Crippen LogP contribution in [0, 0.1) is 5.92 Å². The SMILES string of the molecule is O=C1COc2ccc(S(=O)(=O)N3CCC[C@@H](C(=O)NC4CCCCCCC4)C3)cc2N1. The van der Waals surface area contributed by atoms with E-state index in [2.05, 4.69) is 10.6 Å². The molecule has 170 valence electrons. The third-order valence-corrected chi connectivity index (χ3v) is 8.29. The second kappa shape index (κ2) is 9.56. The van der Waals surface area contributed by atoms with Gasteiger partial charge >= 0.3 is 0 Å². The van der Waals surface area contributed by atoms with Crippen LogP contribution >= 0.6 is 0 Å². The molecule has 4 rings (SSSR count). The topological polar surface area (TPSA) is 105 Å². The van der Waals surface area contributed by atoms with Gasteiger partial charge in [0.05, 0.1) is 16.5 Å². The van der Waals surface area contributed by atoms with Gasteiger partial charge < -0.3 is 15.4 Å². The molecule has 2 N–H and O–H groups in total. The van der Waals surface area contributed by atoms with E-state index in [4.69, 9.17) is 4.74 Å². The van der Waals surface area contributed by atoms with Crippen molar-refractivity contribution in [2.75, 3.05) is 25.0 Å². The van der Waals surface area contributed by atoms with Crippen molar-refractivity contribution < 1.29 is 22.7 Å². The number of amides is 2. The zero-order valence-electron chi connectivity index (χ0n) is 17.8. The van der Waals surface area contributed by atoms with Crippen molar-refractivity contribution in [2.24, 2.45) is 5.92 Å². The van der Waals surface area contributed by atoms with Gasteiger partial charge in [0.2, 0.25) is 15.9 Å². The van der Waals surface area contributed by atoms with Crippen LogP contribution in [0.2, 0.25) is 0 Å². The summed E-state index contributed by atoms with van der Waals surface area (Å²) in [5.41, 5.74) is 0.355. The van der Waals surface area contributed by atoms with E-state index in [0.717, 1.165) is 25.7 Å². The van der Waals surface area contributed by atoms with Gasteiger partial charge in [0.25, 0.3) is 5.91 Å². The van der Waals surface area contributed by atoms with Crippen LogP contribution in [0.15, 0.2) is 23.1 Å². The summed E-state index contributed by atoms with van der Waals surface area (Å²) in [4.78, 5) is 24.6. The Morgan fingerprint density at radius 1 is 1.06 bits per heavy atom. The molecule has 1 saturated carbocycles. The van der Waals surface area contributed by atoms with Crippen LogP contribution in [0.3, 0.4) is 0 Å². The van der Waals surface area contributed by atoms with Gasteiger partial charge in [0.15, 0.2) is 6.61 Å². The summed E-state index contributed by atoms with van der Waals surface area (Å²) < 4.78 is 33.2. The number of piperidine rings is 1. The second-order valence-electron chi connectivity index (χ2n) is 8.75. The highest BCUT2D eigenvalue weighted by molar-refractivity contribution is 7.89. The number of nitrogens with one attached hydrogen (secondary N) is 2. The van der Waals surface area contributed by atoms with Gasteiger partial charge in [0.1, 0.15) is 5.75 Å². The zero-order chi connectivity index (χ0) is 21.8. The van der Waals surface area contributed by atoms with E-state index in [9.17, 15) is 18.0 Å². The molecule has 2 amide bonds. The Hall–Kier alpha value is -2.13. The first-order valence-corrected chi connectivity index (χ1v) is 12.7. The Morgan fingerprint density at radius 2 is 1.81 bits per heavy atom. The van der Waals surface area contributed by atoms with Crippen molar-refractivity contribution >= 4 is 27.5 Å². The summed E-state index contributed by atoms with van der Waals surface area (Å²) in [5.74, 6) is -0.231. The number of anilines is 1. The van der Waals surface area contributed by atoms with Crippen LogP contribution in [0.25, 0.3) is 0 Å². The van der Waals surface area contributed by atoms with Crippen molar-refractivity contribution in [3.63, 3.8) is 0 Å². The van der Waals surface area contributed by atoms with Crippen LogP contribution in [0.4, 0.5) is 5.69 Å². The molecule has 2 fully saturated rings. The predicted octanol–water partition coefficient (Wildman–Crippen LogP) is 2.65. The number of fused-ring (bicyclic) bond motifs is 1. The lowest BCUT2D eigenvalue weighted by molar-refractivity contribution is -0.127. The van der Waals surface area contributed by atoms with Crippen molar-refractivity contribution in [3.05, 3.63) is 18.2 Å². The van der Waals surface area contributed by atoms with Crippen LogP contribution < -0.4 is 15.4 Å². The molecule has 3 aliphatic rings. The van der Waals surface area contributed by atoms with Gasteiger partial charge in [-0.3, -0.25) is 9.59 Å². The highest BCUT2D eigenvalue weighted by Crippen LogP contribution is 2.32. The Morgan fingerprint density at radius 3 is 2.58 bits per heavy atom. The normalized spacial score (nSPS) is 23.6. The number of rotatable bonds is 4.